The van der Waals surface area contributed by atoms with Gasteiger partial charge in [-0.3, -0.25) is 9.48 Å². The summed E-state index contributed by atoms with van der Waals surface area (Å²) in [4.78, 5) is 13.2. The molecule has 32 heavy (non-hydrogen) atoms. The molecule has 2 heterocycles. The predicted molar refractivity (Wildman–Crippen MR) is 125 cm³/mol. The molecule has 1 N–H and O–H groups in total. The molecule has 1 aliphatic carbocycles. The summed E-state index contributed by atoms with van der Waals surface area (Å²) in [5, 5.41) is 7.84. The molecule has 1 fully saturated rings. The van der Waals surface area contributed by atoms with Crippen molar-refractivity contribution in [3.8, 4) is 5.75 Å². The molecule has 5 heteroatoms. The van der Waals surface area contributed by atoms with Crippen LogP contribution in [0.2, 0.25) is 0 Å². The molecule has 1 aliphatic heterocycles. The first kappa shape index (κ1) is 20.8. The second kappa shape index (κ2) is 8.45. The number of amides is 1. The van der Waals surface area contributed by atoms with Crippen molar-refractivity contribution < 1.29 is 9.53 Å². The van der Waals surface area contributed by atoms with Gasteiger partial charge in [-0.2, -0.15) is 5.10 Å². The van der Waals surface area contributed by atoms with E-state index in [1.54, 1.807) is 0 Å². The van der Waals surface area contributed by atoms with E-state index >= 15 is 0 Å². The van der Waals surface area contributed by atoms with Crippen LogP contribution < -0.4 is 10.1 Å². The second-order valence-corrected chi connectivity index (χ2v) is 9.40. The highest BCUT2D eigenvalue weighted by Crippen LogP contribution is 2.46. The van der Waals surface area contributed by atoms with E-state index in [0.717, 1.165) is 47.5 Å². The fraction of sp³-hybridized carbons (Fsp3) is 0.407. The molecule has 0 radical (unpaired) electrons. The Morgan fingerprint density at radius 3 is 2.56 bits per heavy atom. The monoisotopic (exact) mass is 429 g/mol. The lowest BCUT2D eigenvalue weighted by atomic mass is 9.77. The van der Waals surface area contributed by atoms with Gasteiger partial charge in [-0.15, -0.1) is 0 Å². The number of aromatic nitrogens is 2. The van der Waals surface area contributed by atoms with Crippen molar-refractivity contribution in [1.29, 1.82) is 0 Å². The molecule has 0 saturated heterocycles. The molecule has 2 aromatic carbocycles. The van der Waals surface area contributed by atoms with Crippen molar-refractivity contribution in [2.24, 2.45) is 0 Å². The third-order valence-corrected chi connectivity index (χ3v) is 6.92. The minimum absolute atomic E-state index is 0.0278. The molecular formula is C27H31N3O2. The minimum Gasteiger partial charge on any atom is -0.487 e. The van der Waals surface area contributed by atoms with Crippen LogP contribution in [0.4, 0.5) is 0 Å². The van der Waals surface area contributed by atoms with Gasteiger partial charge in [0.25, 0.3) is 5.91 Å². The molecule has 1 spiro atoms. The minimum atomic E-state index is -0.145. The summed E-state index contributed by atoms with van der Waals surface area (Å²) >= 11 is 0. The third-order valence-electron chi connectivity index (χ3n) is 6.92. The van der Waals surface area contributed by atoms with Crippen LogP contribution in [0.1, 0.15) is 77.4 Å². The Balaban J connectivity index is 1.32. The lowest BCUT2D eigenvalue weighted by molar-refractivity contribution is -0.00209. The number of hydrogen-bond acceptors (Lipinski definition) is 3. The van der Waals surface area contributed by atoms with Crippen molar-refractivity contribution in [2.75, 3.05) is 0 Å². The number of ether oxygens (including phenoxy) is 1. The second-order valence-electron chi connectivity index (χ2n) is 9.40. The molecular weight excluding hydrogens is 398 g/mol. The number of benzene rings is 2. The zero-order valence-corrected chi connectivity index (χ0v) is 18.9. The summed E-state index contributed by atoms with van der Waals surface area (Å²) in [6.45, 7) is 4.77. The zero-order valence-electron chi connectivity index (χ0n) is 18.9. The topological polar surface area (TPSA) is 56.2 Å². The quantitative estimate of drug-likeness (QED) is 0.595. The van der Waals surface area contributed by atoms with E-state index in [9.17, 15) is 4.79 Å². The molecule has 1 saturated carbocycles. The van der Waals surface area contributed by atoms with Crippen molar-refractivity contribution in [3.63, 3.8) is 0 Å². The molecule has 1 amide bonds. The van der Waals surface area contributed by atoms with E-state index in [1.807, 2.05) is 54.1 Å². The van der Waals surface area contributed by atoms with Crippen LogP contribution >= 0.6 is 0 Å². The smallest absolute Gasteiger partial charge is 0.251 e. The third kappa shape index (κ3) is 4.16. The number of para-hydroxylation sites is 1. The van der Waals surface area contributed by atoms with E-state index in [2.05, 4.69) is 29.5 Å². The summed E-state index contributed by atoms with van der Waals surface area (Å²) in [5.74, 6) is 0.890. The first-order valence-electron chi connectivity index (χ1n) is 11.7. The fourth-order valence-electron chi connectivity index (χ4n) is 5.26. The van der Waals surface area contributed by atoms with Crippen molar-refractivity contribution in [2.45, 2.75) is 70.6 Å². The van der Waals surface area contributed by atoms with E-state index in [4.69, 9.17) is 4.74 Å². The van der Waals surface area contributed by atoms with E-state index in [0.29, 0.717) is 12.1 Å². The first-order chi connectivity index (χ1) is 15.5. The van der Waals surface area contributed by atoms with Gasteiger partial charge in [0.2, 0.25) is 0 Å². The average molecular weight is 430 g/mol. The Morgan fingerprint density at radius 2 is 1.84 bits per heavy atom. The summed E-state index contributed by atoms with van der Waals surface area (Å²) in [6, 6.07) is 18.1. The SMILES string of the molecule is Cc1cc(C)n(Cc2ccc(C(=O)N[C@H]3CC4(CCCCC4)Oc4ccccc43)cc2)n1. The highest BCUT2D eigenvalue weighted by Gasteiger charge is 2.42. The number of aryl methyl sites for hydroxylation is 2. The number of hydrogen-bond donors (Lipinski definition) is 1. The molecule has 5 nitrogen and oxygen atoms in total. The van der Waals surface area contributed by atoms with Gasteiger partial charge in [-0.25, -0.2) is 0 Å². The maximum Gasteiger partial charge on any atom is 0.251 e. The number of carbonyl (C=O) groups excluding carboxylic acids is 1. The van der Waals surface area contributed by atoms with E-state index in [1.165, 1.54) is 19.3 Å². The summed E-state index contributed by atoms with van der Waals surface area (Å²) in [7, 11) is 0. The van der Waals surface area contributed by atoms with Gasteiger partial charge < -0.3 is 10.1 Å². The van der Waals surface area contributed by atoms with Crippen molar-refractivity contribution in [1.82, 2.24) is 15.1 Å². The van der Waals surface area contributed by atoms with Crippen LogP contribution in [0.25, 0.3) is 0 Å². The van der Waals surface area contributed by atoms with E-state index < -0.39 is 0 Å². The van der Waals surface area contributed by atoms with Crippen molar-refractivity contribution in [3.05, 3.63) is 82.7 Å². The lowest BCUT2D eigenvalue weighted by Gasteiger charge is -2.44. The molecule has 0 bridgehead atoms. The molecule has 0 unspecified atom stereocenters. The van der Waals surface area contributed by atoms with Crippen LogP contribution in [-0.2, 0) is 6.54 Å². The first-order valence-corrected chi connectivity index (χ1v) is 11.7. The molecule has 166 valence electrons. The van der Waals surface area contributed by atoms with Crippen LogP contribution in [-0.4, -0.2) is 21.3 Å². The van der Waals surface area contributed by atoms with Gasteiger partial charge in [0.15, 0.2) is 0 Å². The highest BCUT2D eigenvalue weighted by molar-refractivity contribution is 5.94. The van der Waals surface area contributed by atoms with Crippen molar-refractivity contribution >= 4 is 5.91 Å². The Bertz CT molecular complexity index is 1110. The average Bonchev–Trinajstić information content (AvgIpc) is 3.11. The van der Waals surface area contributed by atoms with Gasteiger partial charge in [0.05, 0.1) is 18.3 Å². The molecule has 5 rings (SSSR count). The van der Waals surface area contributed by atoms with Gasteiger partial charge in [0, 0.05) is 23.2 Å². The Hall–Kier alpha value is -3.08. The van der Waals surface area contributed by atoms with Crippen LogP contribution in [0.15, 0.2) is 54.6 Å². The number of carbonyl (C=O) groups is 1. The van der Waals surface area contributed by atoms with Gasteiger partial charge in [0.1, 0.15) is 11.4 Å². The number of rotatable bonds is 4. The summed E-state index contributed by atoms with van der Waals surface area (Å²) < 4.78 is 8.50. The van der Waals surface area contributed by atoms with Gasteiger partial charge >= 0.3 is 0 Å². The van der Waals surface area contributed by atoms with E-state index in [-0.39, 0.29) is 17.6 Å². The standard InChI is InChI=1S/C27H31N3O2/c1-19-16-20(2)30(29-19)18-21-10-12-22(13-11-21)26(31)28-24-17-27(14-6-3-7-15-27)32-25-9-5-4-8-23(24)25/h4-5,8-13,16,24H,3,6-7,14-15,17-18H2,1-2H3,(H,28,31)/t24-/m0/s1. The highest BCUT2D eigenvalue weighted by atomic mass is 16.5. The molecule has 2 aliphatic rings. The Labute approximate surface area is 189 Å². The molecule has 1 atom stereocenters. The Kier molecular flexibility index (Phi) is 5.50. The number of nitrogens with zero attached hydrogens (tertiary/aromatic N) is 2. The summed E-state index contributed by atoms with van der Waals surface area (Å²) in [6.07, 6.45) is 6.63. The van der Waals surface area contributed by atoms with Crippen LogP contribution in [0.3, 0.4) is 0 Å². The number of nitrogens with one attached hydrogen (secondary N) is 1. The summed E-state index contributed by atoms with van der Waals surface area (Å²) in [5.41, 5.74) is 4.91. The zero-order chi connectivity index (χ0) is 22.1. The van der Waals surface area contributed by atoms with Crippen LogP contribution in [0, 0.1) is 13.8 Å². The van der Waals surface area contributed by atoms with Gasteiger partial charge in [-0.1, -0.05) is 36.8 Å². The maximum absolute atomic E-state index is 13.2. The fourth-order valence-corrected chi connectivity index (χ4v) is 5.26. The molecule has 3 aromatic rings. The Morgan fingerprint density at radius 1 is 1.09 bits per heavy atom. The normalized spacial score (nSPS) is 19.2. The predicted octanol–water partition coefficient (Wildman–Crippen LogP) is 5.50. The maximum atomic E-state index is 13.2. The van der Waals surface area contributed by atoms with Gasteiger partial charge in [-0.05, 0) is 69.4 Å². The lowest BCUT2D eigenvalue weighted by Crippen LogP contribution is -2.46. The van der Waals surface area contributed by atoms with Crippen LogP contribution in [0.5, 0.6) is 5.75 Å². The molecule has 1 aromatic heterocycles. The largest absolute Gasteiger partial charge is 0.487 e. The number of fused-ring (bicyclic) bond motifs is 1.